The lowest BCUT2D eigenvalue weighted by Crippen LogP contribution is -2.54. The standard InChI is InChI=1S/C26H29FN4O3S/c1-2-17-11-13-18(14-12-17)28-26(33)31-21-9-5-4-8-20(21)30-25(32)22-16-35-24(29-22)15-34-23-10-6-3-7-19(23)27/h3,6-7,10-14,16,20-21H,2,4-5,8-9,15H2,1H3,(H,30,32)(H2,28,31,33)/t20-,21-/m1/s1. The highest BCUT2D eigenvalue weighted by Crippen LogP contribution is 2.21. The van der Waals surface area contributed by atoms with Crippen LogP contribution in [0.5, 0.6) is 5.75 Å². The second-order valence-electron chi connectivity index (χ2n) is 8.47. The van der Waals surface area contributed by atoms with Crippen molar-refractivity contribution >= 4 is 29.0 Å². The van der Waals surface area contributed by atoms with Crippen molar-refractivity contribution in [1.82, 2.24) is 15.6 Å². The van der Waals surface area contributed by atoms with E-state index in [9.17, 15) is 14.0 Å². The summed E-state index contributed by atoms with van der Waals surface area (Å²) in [6.07, 6.45) is 4.45. The Balaban J connectivity index is 1.31. The summed E-state index contributed by atoms with van der Waals surface area (Å²) in [5.41, 5.74) is 2.21. The van der Waals surface area contributed by atoms with Gasteiger partial charge in [0, 0.05) is 17.1 Å². The highest BCUT2D eigenvalue weighted by molar-refractivity contribution is 7.09. The second kappa shape index (κ2) is 11.8. The van der Waals surface area contributed by atoms with Crippen LogP contribution >= 0.6 is 11.3 Å². The molecule has 0 radical (unpaired) electrons. The Kier molecular flexibility index (Phi) is 8.31. The maximum absolute atomic E-state index is 13.7. The van der Waals surface area contributed by atoms with Gasteiger partial charge in [0.25, 0.3) is 5.91 Å². The van der Waals surface area contributed by atoms with Crippen molar-refractivity contribution in [2.45, 2.75) is 57.7 Å². The van der Waals surface area contributed by atoms with Gasteiger partial charge in [-0.15, -0.1) is 11.3 Å². The number of carbonyl (C=O) groups is 2. The van der Waals surface area contributed by atoms with Crippen LogP contribution < -0.4 is 20.7 Å². The van der Waals surface area contributed by atoms with Crippen LogP contribution in [0.4, 0.5) is 14.9 Å². The Hall–Kier alpha value is -3.46. The van der Waals surface area contributed by atoms with Crippen molar-refractivity contribution in [2.24, 2.45) is 0 Å². The number of nitrogens with one attached hydrogen (secondary N) is 3. The molecule has 184 valence electrons. The van der Waals surface area contributed by atoms with Gasteiger partial charge in [0.15, 0.2) is 11.6 Å². The molecule has 9 heteroatoms. The van der Waals surface area contributed by atoms with E-state index in [2.05, 4.69) is 27.9 Å². The van der Waals surface area contributed by atoms with E-state index in [1.54, 1.807) is 23.6 Å². The second-order valence-corrected chi connectivity index (χ2v) is 9.41. The van der Waals surface area contributed by atoms with Gasteiger partial charge in [-0.05, 0) is 49.1 Å². The van der Waals surface area contributed by atoms with Crippen molar-refractivity contribution in [3.8, 4) is 5.75 Å². The lowest BCUT2D eigenvalue weighted by Gasteiger charge is -2.32. The molecular formula is C26H29FN4O3S. The van der Waals surface area contributed by atoms with Crippen LogP contribution in [-0.2, 0) is 13.0 Å². The van der Waals surface area contributed by atoms with Crippen LogP contribution in [-0.4, -0.2) is 29.0 Å². The number of anilines is 1. The lowest BCUT2D eigenvalue weighted by atomic mass is 9.90. The average Bonchev–Trinajstić information content (AvgIpc) is 3.34. The molecule has 1 aromatic heterocycles. The van der Waals surface area contributed by atoms with E-state index in [0.717, 1.165) is 37.8 Å². The summed E-state index contributed by atoms with van der Waals surface area (Å²) in [5.74, 6) is -0.600. The molecule has 0 spiro atoms. The topological polar surface area (TPSA) is 92.4 Å². The minimum absolute atomic E-state index is 0.0753. The maximum Gasteiger partial charge on any atom is 0.319 e. The number of halogens is 1. The molecule has 1 aliphatic carbocycles. The fourth-order valence-electron chi connectivity index (χ4n) is 4.06. The largest absolute Gasteiger partial charge is 0.483 e. The van der Waals surface area contributed by atoms with Crippen LogP contribution in [0.15, 0.2) is 53.9 Å². The Labute approximate surface area is 208 Å². The zero-order valence-corrected chi connectivity index (χ0v) is 20.4. The van der Waals surface area contributed by atoms with Crippen LogP contribution in [0.1, 0.15) is 53.7 Å². The molecule has 35 heavy (non-hydrogen) atoms. The number of hydrogen-bond donors (Lipinski definition) is 3. The van der Waals surface area contributed by atoms with E-state index in [0.29, 0.717) is 5.01 Å². The summed E-state index contributed by atoms with van der Waals surface area (Å²) in [6, 6.07) is 13.2. The number of amides is 3. The number of ether oxygens (including phenoxy) is 1. The molecule has 1 heterocycles. The Morgan fingerprint density at radius 2 is 1.77 bits per heavy atom. The predicted octanol–water partition coefficient (Wildman–Crippen LogP) is 5.29. The molecular weight excluding hydrogens is 467 g/mol. The van der Waals surface area contributed by atoms with Gasteiger partial charge in [-0.25, -0.2) is 14.2 Å². The maximum atomic E-state index is 13.7. The molecule has 4 rings (SSSR count). The molecule has 7 nitrogen and oxygen atoms in total. The smallest absolute Gasteiger partial charge is 0.319 e. The number of hydrogen-bond acceptors (Lipinski definition) is 5. The Morgan fingerprint density at radius 3 is 2.49 bits per heavy atom. The fraction of sp³-hybridized carbons (Fsp3) is 0.346. The van der Waals surface area contributed by atoms with Gasteiger partial charge in [0.1, 0.15) is 17.3 Å². The third-order valence-electron chi connectivity index (χ3n) is 5.99. The van der Waals surface area contributed by atoms with Crippen LogP contribution in [0.2, 0.25) is 0 Å². The summed E-state index contributed by atoms with van der Waals surface area (Å²) in [5, 5.41) is 11.1. The molecule has 2 atom stereocenters. The third-order valence-corrected chi connectivity index (χ3v) is 6.81. The summed E-state index contributed by atoms with van der Waals surface area (Å²) in [6.45, 7) is 2.16. The molecule has 3 amide bonds. The highest BCUT2D eigenvalue weighted by Gasteiger charge is 2.28. The number of aromatic nitrogens is 1. The molecule has 1 aliphatic rings. The van der Waals surface area contributed by atoms with Gasteiger partial charge in [-0.3, -0.25) is 4.79 Å². The Bertz CT molecular complexity index is 1150. The van der Waals surface area contributed by atoms with Gasteiger partial charge < -0.3 is 20.7 Å². The minimum Gasteiger partial charge on any atom is -0.483 e. The first-order chi connectivity index (χ1) is 17.0. The molecule has 0 bridgehead atoms. The van der Waals surface area contributed by atoms with Gasteiger partial charge >= 0.3 is 6.03 Å². The fourth-order valence-corrected chi connectivity index (χ4v) is 4.75. The van der Waals surface area contributed by atoms with Gasteiger partial charge in [-0.1, -0.05) is 44.0 Å². The van der Waals surface area contributed by atoms with Crippen LogP contribution in [0, 0.1) is 5.82 Å². The van der Waals surface area contributed by atoms with E-state index in [4.69, 9.17) is 4.74 Å². The van der Waals surface area contributed by atoms with Gasteiger partial charge in [-0.2, -0.15) is 0 Å². The zero-order valence-electron chi connectivity index (χ0n) is 19.6. The average molecular weight is 497 g/mol. The van der Waals surface area contributed by atoms with Gasteiger partial charge in [0.05, 0.1) is 6.04 Å². The summed E-state index contributed by atoms with van der Waals surface area (Å²) in [4.78, 5) is 29.7. The summed E-state index contributed by atoms with van der Waals surface area (Å²) < 4.78 is 19.2. The summed E-state index contributed by atoms with van der Waals surface area (Å²) >= 11 is 1.28. The number of thiazole rings is 1. The molecule has 3 N–H and O–H groups in total. The first-order valence-corrected chi connectivity index (χ1v) is 12.7. The normalized spacial score (nSPS) is 17.4. The number of para-hydroxylation sites is 1. The third kappa shape index (κ3) is 6.79. The van der Waals surface area contributed by atoms with E-state index in [-0.39, 0.29) is 42.1 Å². The number of carbonyl (C=O) groups excluding carboxylic acids is 2. The molecule has 0 unspecified atom stereocenters. The molecule has 0 saturated heterocycles. The molecule has 0 aliphatic heterocycles. The molecule has 3 aromatic rings. The molecule has 2 aromatic carbocycles. The number of nitrogens with zero attached hydrogens (tertiary/aromatic N) is 1. The minimum atomic E-state index is -0.445. The van der Waals surface area contributed by atoms with E-state index >= 15 is 0 Å². The number of urea groups is 1. The number of benzene rings is 2. The molecule has 1 saturated carbocycles. The first-order valence-electron chi connectivity index (χ1n) is 11.8. The van der Waals surface area contributed by atoms with E-state index < -0.39 is 5.82 Å². The van der Waals surface area contributed by atoms with E-state index in [1.165, 1.54) is 23.0 Å². The van der Waals surface area contributed by atoms with Crippen molar-refractivity contribution in [1.29, 1.82) is 0 Å². The highest BCUT2D eigenvalue weighted by atomic mass is 32.1. The van der Waals surface area contributed by atoms with E-state index in [1.807, 2.05) is 24.3 Å². The number of aryl methyl sites for hydroxylation is 1. The van der Waals surface area contributed by atoms with Crippen molar-refractivity contribution in [3.05, 3.63) is 76.0 Å². The van der Waals surface area contributed by atoms with Crippen molar-refractivity contribution in [3.63, 3.8) is 0 Å². The van der Waals surface area contributed by atoms with Gasteiger partial charge in [0.2, 0.25) is 0 Å². The van der Waals surface area contributed by atoms with Crippen molar-refractivity contribution in [2.75, 3.05) is 5.32 Å². The zero-order chi connectivity index (χ0) is 24.6. The Morgan fingerprint density at radius 1 is 1.06 bits per heavy atom. The quantitative estimate of drug-likeness (QED) is 0.395. The predicted molar refractivity (Wildman–Crippen MR) is 134 cm³/mol. The monoisotopic (exact) mass is 496 g/mol. The SMILES string of the molecule is CCc1ccc(NC(=O)N[C@@H]2CCCC[C@H]2NC(=O)c2csc(COc3ccccc3F)n2)cc1. The van der Waals surface area contributed by atoms with Crippen molar-refractivity contribution < 1.29 is 18.7 Å². The van der Waals surface area contributed by atoms with Crippen LogP contribution in [0.3, 0.4) is 0 Å². The van der Waals surface area contributed by atoms with Crippen LogP contribution in [0.25, 0.3) is 0 Å². The molecule has 1 fully saturated rings. The summed E-state index contributed by atoms with van der Waals surface area (Å²) in [7, 11) is 0. The first kappa shape index (κ1) is 24.7. The number of rotatable bonds is 8. The lowest BCUT2D eigenvalue weighted by molar-refractivity contribution is 0.0911.